The molecule has 1 aromatic heterocycles. The van der Waals surface area contributed by atoms with Gasteiger partial charge in [-0.15, -0.1) is 0 Å². The van der Waals surface area contributed by atoms with Crippen molar-refractivity contribution in [3.8, 4) is 6.07 Å². The van der Waals surface area contributed by atoms with Crippen molar-refractivity contribution in [1.82, 2.24) is 9.55 Å². The van der Waals surface area contributed by atoms with Crippen LogP contribution in [-0.4, -0.2) is 9.55 Å². The van der Waals surface area contributed by atoms with Gasteiger partial charge >= 0.3 is 0 Å². The van der Waals surface area contributed by atoms with E-state index in [0.29, 0.717) is 23.5 Å². The summed E-state index contributed by atoms with van der Waals surface area (Å²) < 4.78 is 2.16. The molecule has 0 aliphatic heterocycles. The Morgan fingerprint density at radius 1 is 1.30 bits per heavy atom. The van der Waals surface area contributed by atoms with Gasteiger partial charge in [0.1, 0.15) is 0 Å². The van der Waals surface area contributed by atoms with Crippen molar-refractivity contribution in [2.24, 2.45) is 5.92 Å². The summed E-state index contributed by atoms with van der Waals surface area (Å²) in [5.41, 5.74) is 8.71. The third-order valence-corrected chi connectivity index (χ3v) is 4.49. The molecule has 2 aromatic rings. The predicted molar refractivity (Wildman–Crippen MR) is 80.1 cm³/mol. The Morgan fingerprint density at radius 2 is 2.10 bits per heavy atom. The molecule has 0 spiro atoms. The summed E-state index contributed by atoms with van der Waals surface area (Å²) in [6.45, 7) is 2.30. The van der Waals surface area contributed by atoms with E-state index in [0.717, 1.165) is 17.5 Å². The van der Waals surface area contributed by atoms with E-state index in [1.807, 2.05) is 12.1 Å². The van der Waals surface area contributed by atoms with Crippen LogP contribution in [0, 0.1) is 17.2 Å². The smallest absolute Gasteiger partial charge is 0.201 e. The minimum atomic E-state index is 0.399. The number of nitrogens with zero attached hydrogens (tertiary/aromatic N) is 3. The predicted octanol–water partition coefficient (Wildman–Crippen LogP) is 3.63. The average Bonchev–Trinajstić information content (AvgIpc) is 2.62. The maximum atomic E-state index is 9.09. The second-order valence-electron chi connectivity index (χ2n) is 5.84. The molecule has 4 nitrogen and oxygen atoms in total. The van der Waals surface area contributed by atoms with Gasteiger partial charge in [0.05, 0.1) is 22.7 Å². The lowest BCUT2D eigenvalue weighted by molar-refractivity contribution is 0.344. The molecule has 0 bridgehead atoms. The molecular weight excluding hydrogens is 248 g/mol. The van der Waals surface area contributed by atoms with Crippen LogP contribution in [0.3, 0.4) is 0 Å². The number of fused-ring (bicyclic) bond motifs is 1. The highest BCUT2D eigenvalue weighted by atomic mass is 15.2. The van der Waals surface area contributed by atoms with Gasteiger partial charge in [-0.05, 0) is 37.0 Å². The number of imidazole rings is 1. The van der Waals surface area contributed by atoms with E-state index >= 15 is 0 Å². The Hall–Kier alpha value is -2.02. The largest absolute Gasteiger partial charge is 0.369 e. The number of rotatable bonds is 1. The second kappa shape index (κ2) is 5.16. The van der Waals surface area contributed by atoms with Crippen LogP contribution in [0.5, 0.6) is 0 Å². The van der Waals surface area contributed by atoms with E-state index in [-0.39, 0.29) is 0 Å². The molecule has 0 saturated heterocycles. The zero-order valence-corrected chi connectivity index (χ0v) is 11.8. The molecule has 3 rings (SSSR count). The molecule has 20 heavy (non-hydrogen) atoms. The summed E-state index contributed by atoms with van der Waals surface area (Å²) in [6, 6.07) is 8.20. The van der Waals surface area contributed by atoms with Crippen molar-refractivity contribution in [1.29, 1.82) is 5.26 Å². The second-order valence-corrected chi connectivity index (χ2v) is 5.84. The highest BCUT2D eigenvalue weighted by molar-refractivity contribution is 5.80. The van der Waals surface area contributed by atoms with Gasteiger partial charge in [0, 0.05) is 6.04 Å². The van der Waals surface area contributed by atoms with Gasteiger partial charge in [0.2, 0.25) is 5.95 Å². The van der Waals surface area contributed by atoms with Crippen molar-refractivity contribution >= 4 is 17.0 Å². The minimum absolute atomic E-state index is 0.399. The van der Waals surface area contributed by atoms with E-state index in [2.05, 4.69) is 22.5 Å². The third-order valence-electron chi connectivity index (χ3n) is 4.49. The van der Waals surface area contributed by atoms with Gasteiger partial charge in [-0.25, -0.2) is 4.98 Å². The third kappa shape index (κ3) is 2.14. The molecule has 1 heterocycles. The van der Waals surface area contributed by atoms with E-state index < -0.39 is 0 Å². The average molecular weight is 268 g/mol. The Balaban J connectivity index is 2.13. The first-order valence-corrected chi connectivity index (χ1v) is 7.38. The molecule has 2 atom stereocenters. The van der Waals surface area contributed by atoms with Gasteiger partial charge < -0.3 is 10.3 Å². The van der Waals surface area contributed by atoms with Crippen molar-refractivity contribution in [3.63, 3.8) is 0 Å². The molecule has 2 N–H and O–H groups in total. The first-order chi connectivity index (χ1) is 9.70. The molecule has 2 unspecified atom stereocenters. The number of hydrogen-bond acceptors (Lipinski definition) is 3. The highest BCUT2D eigenvalue weighted by Crippen LogP contribution is 2.36. The Bertz CT molecular complexity index is 665. The molecule has 1 saturated carbocycles. The Morgan fingerprint density at radius 3 is 2.90 bits per heavy atom. The van der Waals surface area contributed by atoms with Crippen LogP contribution in [0.1, 0.15) is 50.6 Å². The number of anilines is 1. The highest BCUT2D eigenvalue weighted by Gasteiger charge is 2.25. The molecule has 104 valence electrons. The maximum absolute atomic E-state index is 9.09. The van der Waals surface area contributed by atoms with Gasteiger partial charge in [-0.3, -0.25) is 0 Å². The molecule has 1 aliphatic rings. The van der Waals surface area contributed by atoms with Crippen molar-refractivity contribution in [2.75, 3.05) is 5.73 Å². The van der Waals surface area contributed by atoms with Crippen molar-refractivity contribution < 1.29 is 0 Å². The van der Waals surface area contributed by atoms with Crippen molar-refractivity contribution in [2.45, 2.75) is 45.1 Å². The number of aromatic nitrogens is 2. The van der Waals surface area contributed by atoms with Gasteiger partial charge in [0.25, 0.3) is 0 Å². The summed E-state index contributed by atoms with van der Waals surface area (Å²) >= 11 is 0. The molecular formula is C16H20N4. The zero-order chi connectivity index (χ0) is 14.1. The fourth-order valence-corrected chi connectivity index (χ4v) is 3.39. The molecule has 1 aromatic carbocycles. The molecule has 0 radical (unpaired) electrons. The SMILES string of the molecule is CC1CCCCCC1n1c(N)nc2ccc(C#N)cc21. The van der Waals surface area contributed by atoms with E-state index in [1.54, 1.807) is 6.07 Å². The topological polar surface area (TPSA) is 67.6 Å². The fraction of sp³-hybridized carbons (Fsp3) is 0.500. The Kier molecular flexibility index (Phi) is 3.35. The van der Waals surface area contributed by atoms with Crippen LogP contribution in [0.2, 0.25) is 0 Å². The van der Waals surface area contributed by atoms with Crippen LogP contribution in [0.25, 0.3) is 11.0 Å². The lowest BCUT2D eigenvalue weighted by atomic mass is 9.96. The van der Waals surface area contributed by atoms with Gasteiger partial charge in [0.15, 0.2) is 0 Å². The van der Waals surface area contributed by atoms with E-state index in [9.17, 15) is 0 Å². The first-order valence-electron chi connectivity index (χ1n) is 7.38. The van der Waals surface area contributed by atoms with Crippen LogP contribution in [-0.2, 0) is 0 Å². The molecule has 1 fully saturated rings. The number of nitrogen functional groups attached to an aromatic ring is 1. The maximum Gasteiger partial charge on any atom is 0.201 e. The molecule has 0 amide bonds. The summed E-state index contributed by atoms with van der Waals surface area (Å²) in [6.07, 6.45) is 6.23. The quantitative estimate of drug-likeness (QED) is 0.803. The standard InChI is InChI=1S/C16H20N4/c1-11-5-3-2-4-6-14(11)20-15-9-12(10-17)7-8-13(15)19-16(20)18/h7-9,11,14H,2-6H2,1H3,(H2,18,19). The zero-order valence-electron chi connectivity index (χ0n) is 11.8. The van der Waals surface area contributed by atoms with Crippen LogP contribution < -0.4 is 5.73 Å². The van der Waals surface area contributed by atoms with Gasteiger partial charge in [-0.2, -0.15) is 5.26 Å². The monoisotopic (exact) mass is 268 g/mol. The normalized spacial score (nSPS) is 23.4. The lowest BCUT2D eigenvalue weighted by Gasteiger charge is -2.24. The first kappa shape index (κ1) is 13.0. The summed E-state index contributed by atoms with van der Waals surface area (Å²) in [5, 5.41) is 9.09. The van der Waals surface area contributed by atoms with Crippen molar-refractivity contribution in [3.05, 3.63) is 23.8 Å². The van der Waals surface area contributed by atoms with Crippen LogP contribution >= 0.6 is 0 Å². The van der Waals surface area contributed by atoms with Crippen LogP contribution in [0.4, 0.5) is 5.95 Å². The van der Waals surface area contributed by atoms with E-state index in [4.69, 9.17) is 11.0 Å². The number of hydrogen-bond donors (Lipinski definition) is 1. The van der Waals surface area contributed by atoms with Crippen LogP contribution in [0.15, 0.2) is 18.2 Å². The fourth-order valence-electron chi connectivity index (χ4n) is 3.39. The summed E-state index contributed by atoms with van der Waals surface area (Å²) in [7, 11) is 0. The molecule has 4 heteroatoms. The van der Waals surface area contributed by atoms with E-state index in [1.165, 1.54) is 25.7 Å². The minimum Gasteiger partial charge on any atom is -0.369 e. The lowest BCUT2D eigenvalue weighted by Crippen LogP contribution is -2.18. The summed E-state index contributed by atoms with van der Waals surface area (Å²) in [5.74, 6) is 1.18. The van der Waals surface area contributed by atoms with Gasteiger partial charge in [-0.1, -0.05) is 26.2 Å². The number of nitrogens with two attached hydrogens (primary N) is 1. The number of benzene rings is 1. The molecule has 1 aliphatic carbocycles. The number of nitriles is 1. The summed E-state index contributed by atoms with van der Waals surface area (Å²) in [4.78, 5) is 4.46. The Labute approximate surface area is 119 Å².